The number of carbonyl (C=O) groups excluding carboxylic acids is 1. The molecule has 7 nitrogen and oxygen atoms in total. The highest BCUT2D eigenvalue weighted by Gasteiger charge is 2.17. The second-order valence-electron chi connectivity index (χ2n) is 6.96. The Morgan fingerprint density at radius 2 is 2.03 bits per heavy atom. The van der Waals surface area contributed by atoms with Gasteiger partial charge in [-0.25, -0.2) is 9.78 Å². The van der Waals surface area contributed by atoms with Crippen LogP contribution in [0.2, 0.25) is 0 Å². The summed E-state index contributed by atoms with van der Waals surface area (Å²) in [5, 5.41) is 3.92. The van der Waals surface area contributed by atoms with Crippen molar-refractivity contribution < 1.29 is 9.21 Å². The maximum atomic E-state index is 12.4. The molecule has 148 valence electrons. The molecule has 0 saturated heterocycles. The minimum atomic E-state index is -0.602. The van der Waals surface area contributed by atoms with E-state index in [9.17, 15) is 9.59 Å². The van der Waals surface area contributed by atoms with Crippen LogP contribution in [-0.4, -0.2) is 27.4 Å². The topological polar surface area (TPSA) is 104 Å². The van der Waals surface area contributed by atoms with E-state index in [0.717, 1.165) is 17.8 Å². The fourth-order valence-electron chi connectivity index (χ4n) is 3.48. The van der Waals surface area contributed by atoms with E-state index in [0.29, 0.717) is 30.7 Å². The molecule has 7 heteroatoms. The minimum absolute atomic E-state index is 0.0558. The van der Waals surface area contributed by atoms with Crippen LogP contribution in [0.4, 0.5) is 0 Å². The average molecular weight is 390 g/mol. The number of aromatic nitrogens is 3. The third kappa shape index (κ3) is 4.13. The molecular weight excluding hydrogens is 368 g/mol. The lowest BCUT2D eigenvalue weighted by molar-refractivity contribution is 0.0949. The van der Waals surface area contributed by atoms with Crippen LogP contribution in [0.5, 0.6) is 0 Å². The van der Waals surface area contributed by atoms with Crippen molar-refractivity contribution in [1.82, 2.24) is 20.3 Å². The van der Waals surface area contributed by atoms with Gasteiger partial charge in [-0.1, -0.05) is 18.2 Å². The molecule has 3 heterocycles. The molecule has 0 saturated carbocycles. The lowest BCUT2D eigenvalue weighted by Gasteiger charge is -2.08. The number of carbonyl (C=O) groups is 1. The van der Waals surface area contributed by atoms with Gasteiger partial charge in [0.05, 0.1) is 0 Å². The van der Waals surface area contributed by atoms with E-state index in [-0.39, 0.29) is 5.56 Å². The predicted octanol–water partition coefficient (Wildman–Crippen LogP) is 2.91. The second-order valence-corrected chi connectivity index (χ2v) is 6.96. The standard InChI is InChI=1S/C22H22N4O3/c1-14-12-16(7-6-15-13-26-18-5-3-2-4-17(15)18)29-22(28)20(14)21(27)25-9-8-19-23-10-11-24-19/h2-5,10-13,26H,6-9H2,1H3,(H,23,24)(H,25,27). The van der Waals surface area contributed by atoms with E-state index in [2.05, 4.69) is 26.3 Å². The molecule has 0 fully saturated rings. The lowest BCUT2D eigenvalue weighted by atomic mass is 10.1. The van der Waals surface area contributed by atoms with Crippen LogP contribution < -0.4 is 10.9 Å². The van der Waals surface area contributed by atoms with Gasteiger partial charge in [0.1, 0.15) is 17.1 Å². The highest BCUT2D eigenvalue weighted by molar-refractivity contribution is 5.95. The number of para-hydroxylation sites is 1. The van der Waals surface area contributed by atoms with Crippen molar-refractivity contribution >= 4 is 16.8 Å². The summed E-state index contributed by atoms with van der Waals surface area (Å²) in [5.41, 5.74) is 2.32. The Morgan fingerprint density at radius 1 is 1.17 bits per heavy atom. The monoisotopic (exact) mass is 390 g/mol. The Bertz CT molecular complexity index is 1190. The van der Waals surface area contributed by atoms with E-state index < -0.39 is 11.5 Å². The van der Waals surface area contributed by atoms with Gasteiger partial charge in [0.15, 0.2) is 0 Å². The Balaban J connectivity index is 1.42. The second kappa shape index (κ2) is 8.18. The van der Waals surface area contributed by atoms with E-state index in [1.54, 1.807) is 25.4 Å². The van der Waals surface area contributed by atoms with E-state index in [1.807, 2.05) is 24.4 Å². The summed E-state index contributed by atoms with van der Waals surface area (Å²) in [6, 6.07) is 9.87. The molecule has 1 aromatic carbocycles. The number of nitrogens with one attached hydrogen (secondary N) is 3. The van der Waals surface area contributed by atoms with Crippen molar-refractivity contribution in [2.45, 2.75) is 26.2 Å². The number of rotatable bonds is 7. The first-order valence-corrected chi connectivity index (χ1v) is 9.57. The predicted molar refractivity (Wildman–Crippen MR) is 110 cm³/mol. The molecule has 0 spiro atoms. The summed E-state index contributed by atoms with van der Waals surface area (Å²) in [4.78, 5) is 35.2. The lowest BCUT2D eigenvalue weighted by Crippen LogP contribution is -2.31. The van der Waals surface area contributed by atoms with Crippen molar-refractivity contribution in [3.05, 3.63) is 87.6 Å². The van der Waals surface area contributed by atoms with Crippen LogP contribution in [0.15, 0.2) is 58.1 Å². The number of H-pyrrole nitrogens is 2. The van der Waals surface area contributed by atoms with Crippen LogP contribution in [0.25, 0.3) is 10.9 Å². The summed E-state index contributed by atoms with van der Waals surface area (Å²) in [6.07, 6.45) is 7.25. The number of fused-ring (bicyclic) bond motifs is 1. The number of benzene rings is 1. The van der Waals surface area contributed by atoms with Gasteiger partial charge in [0, 0.05) is 48.9 Å². The molecule has 0 radical (unpaired) electrons. The van der Waals surface area contributed by atoms with Crippen LogP contribution >= 0.6 is 0 Å². The zero-order valence-corrected chi connectivity index (χ0v) is 16.1. The molecule has 0 bridgehead atoms. The fraction of sp³-hybridized carbons (Fsp3) is 0.227. The summed E-state index contributed by atoms with van der Waals surface area (Å²) < 4.78 is 5.43. The molecule has 0 unspecified atom stereocenters. The first-order valence-electron chi connectivity index (χ1n) is 9.57. The summed E-state index contributed by atoms with van der Waals surface area (Å²) in [6.45, 7) is 2.14. The zero-order valence-electron chi connectivity index (χ0n) is 16.1. The Labute approximate surface area is 167 Å². The van der Waals surface area contributed by atoms with Crippen LogP contribution in [-0.2, 0) is 19.3 Å². The van der Waals surface area contributed by atoms with Crippen molar-refractivity contribution in [3.8, 4) is 0 Å². The summed E-state index contributed by atoms with van der Waals surface area (Å²) >= 11 is 0. The van der Waals surface area contributed by atoms with Gasteiger partial charge in [0.25, 0.3) is 5.91 Å². The SMILES string of the molecule is Cc1cc(CCc2c[nH]c3ccccc23)oc(=O)c1C(=O)NCCc1ncc[nH]1. The van der Waals surface area contributed by atoms with Crippen molar-refractivity contribution in [1.29, 1.82) is 0 Å². The third-order valence-electron chi connectivity index (χ3n) is 4.94. The van der Waals surface area contributed by atoms with Crippen LogP contribution in [0.1, 0.15) is 33.1 Å². The van der Waals surface area contributed by atoms with Crippen molar-refractivity contribution in [2.75, 3.05) is 6.54 Å². The van der Waals surface area contributed by atoms with Gasteiger partial charge in [-0.15, -0.1) is 0 Å². The normalized spacial score (nSPS) is 11.1. The number of aromatic amines is 2. The quantitative estimate of drug-likeness (QED) is 0.451. The van der Waals surface area contributed by atoms with Gasteiger partial charge in [-0.3, -0.25) is 4.79 Å². The van der Waals surface area contributed by atoms with Crippen molar-refractivity contribution in [2.24, 2.45) is 0 Å². The molecule has 4 rings (SSSR count). The number of hydrogen-bond donors (Lipinski definition) is 3. The molecule has 4 aromatic rings. The molecule has 0 aliphatic heterocycles. The van der Waals surface area contributed by atoms with Gasteiger partial charge >= 0.3 is 5.63 Å². The Kier molecular flexibility index (Phi) is 5.29. The fourth-order valence-corrected chi connectivity index (χ4v) is 3.48. The number of imidazole rings is 1. The van der Waals surface area contributed by atoms with Gasteiger partial charge in [-0.2, -0.15) is 0 Å². The molecule has 29 heavy (non-hydrogen) atoms. The third-order valence-corrected chi connectivity index (χ3v) is 4.94. The van der Waals surface area contributed by atoms with Gasteiger partial charge in [0.2, 0.25) is 0 Å². The van der Waals surface area contributed by atoms with Gasteiger partial charge < -0.3 is 19.7 Å². The molecule has 1 amide bonds. The molecule has 3 N–H and O–H groups in total. The highest BCUT2D eigenvalue weighted by Crippen LogP contribution is 2.19. The Hall–Kier alpha value is -3.61. The number of hydrogen-bond acceptors (Lipinski definition) is 4. The Morgan fingerprint density at radius 3 is 2.83 bits per heavy atom. The van der Waals surface area contributed by atoms with E-state index >= 15 is 0 Å². The number of amides is 1. The highest BCUT2D eigenvalue weighted by atomic mass is 16.4. The number of nitrogens with zero attached hydrogens (tertiary/aromatic N) is 1. The van der Waals surface area contributed by atoms with Crippen LogP contribution in [0, 0.1) is 6.92 Å². The van der Waals surface area contributed by atoms with Crippen LogP contribution in [0.3, 0.4) is 0 Å². The average Bonchev–Trinajstić information content (AvgIpc) is 3.36. The maximum absolute atomic E-state index is 12.4. The summed E-state index contributed by atoms with van der Waals surface area (Å²) in [7, 11) is 0. The largest absolute Gasteiger partial charge is 0.427 e. The van der Waals surface area contributed by atoms with Crippen molar-refractivity contribution in [3.63, 3.8) is 0 Å². The first-order chi connectivity index (χ1) is 14.1. The molecule has 0 aliphatic rings. The zero-order chi connectivity index (χ0) is 20.2. The first kappa shape index (κ1) is 18.7. The minimum Gasteiger partial charge on any atom is -0.427 e. The number of aryl methyl sites for hydroxylation is 3. The van der Waals surface area contributed by atoms with Gasteiger partial charge in [-0.05, 0) is 36.6 Å². The smallest absolute Gasteiger partial charge is 0.349 e. The molecule has 0 aliphatic carbocycles. The molecular formula is C22H22N4O3. The van der Waals surface area contributed by atoms with E-state index in [1.165, 1.54) is 10.9 Å². The summed E-state index contributed by atoms with van der Waals surface area (Å²) in [5.74, 6) is 0.928. The molecule has 0 atom stereocenters. The molecule has 3 aromatic heterocycles. The maximum Gasteiger partial charge on any atom is 0.349 e. The van der Waals surface area contributed by atoms with E-state index in [4.69, 9.17) is 4.42 Å².